The van der Waals surface area contributed by atoms with E-state index in [9.17, 15) is 14.7 Å². The number of benzene rings is 1. The minimum Gasteiger partial charge on any atom is -0.496 e. The molecule has 150 valence electrons. The van der Waals surface area contributed by atoms with Crippen LogP contribution in [0.1, 0.15) is 33.3 Å². The maximum absolute atomic E-state index is 12.6. The van der Waals surface area contributed by atoms with E-state index >= 15 is 0 Å². The van der Waals surface area contributed by atoms with Crippen LogP contribution >= 0.6 is 22.6 Å². The highest BCUT2D eigenvalue weighted by Crippen LogP contribution is 2.29. The molecule has 8 heteroatoms. The van der Waals surface area contributed by atoms with E-state index in [-0.39, 0.29) is 6.54 Å². The van der Waals surface area contributed by atoms with Gasteiger partial charge in [0.05, 0.1) is 23.3 Å². The molecule has 0 aromatic heterocycles. The van der Waals surface area contributed by atoms with Crippen LogP contribution in [0.3, 0.4) is 0 Å². The number of aliphatic hydroxyl groups excluding tert-OH is 1. The summed E-state index contributed by atoms with van der Waals surface area (Å²) in [5, 5.41) is 10.4. The molecule has 0 bridgehead atoms. The van der Waals surface area contributed by atoms with Gasteiger partial charge in [-0.3, -0.25) is 9.69 Å². The molecule has 0 saturated carbocycles. The second-order valence-corrected chi connectivity index (χ2v) is 8.68. The molecule has 1 amide bonds. The summed E-state index contributed by atoms with van der Waals surface area (Å²) in [4.78, 5) is 25.6. The maximum atomic E-state index is 12.6. The zero-order chi connectivity index (χ0) is 20.4. The molecule has 1 N–H and O–H groups in total. The van der Waals surface area contributed by atoms with Crippen molar-refractivity contribution in [2.24, 2.45) is 0 Å². The number of β-amino-alcohol motifs (C(OH)–C–C–N with tert-alkyl or cyclic N) is 1. The average molecular weight is 491 g/mol. The Balaban J connectivity index is 2.29. The molecule has 27 heavy (non-hydrogen) atoms. The Labute approximate surface area is 173 Å². The molecule has 0 unspecified atom stereocenters. The molecule has 0 aliphatic carbocycles. The van der Waals surface area contributed by atoms with Gasteiger partial charge in [-0.1, -0.05) is 6.07 Å². The summed E-state index contributed by atoms with van der Waals surface area (Å²) in [7, 11) is 1.60. The Morgan fingerprint density at radius 3 is 2.52 bits per heavy atom. The number of carbonyl (C=O) groups excluding carboxylic acids is 2. The summed E-state index contributed by atoms with van der Waals surface area (Å²) in [5.74, 6) is 0.255. The molecule has 2 rings (SSSR count). The standard InChI is InChI=1S/C19H26INO6/c1-11(22)26-17-14(9-12-6-7-16(25-5)13(20)8-12)21(10-15(17)23)18(24)27-19(2,3)4/h6-8,14-15,17,23H,9-10H2,1-5H3/t14-,15+,17+/m0/s1. The molecular formula is C19H26INO6. The topological polar surface area (TPSA) is 85.3 Å². The van der Waals surface area contributed by atoms with Gasteiger partial charge in [-0.25, -0.2) is 4.79 Å². The van der Waals surface area contributed by atoms with Crippen LogP contribution in [-0.2, 0) is 20.7 Å². The maximum Gasteiger partial charge on any atom is 0.410 e. The lowest BCUT2D eigenvalue weighted by Crippen LogP contribution is -2.45. The van der Waals surface area contributed by atoms with Crippen molar-refractivity contribution < 1.29 is 28.9 Å². The lowest BCUT2D eigenvalue weighted by molar-refractivity contribution is -0.151. The van der Waals surface area contributed by atoms with Gasteiger partial charge in [0.2, 0.25) is 0 Å². The molecule has 3 atom stereocenters. The summed E-state index contributed by atoms with van der Waals surface area (Å²) in [5.41, 5.74) is 0.270. The number of rotatable bonds is 4. The van der Waals surface area contributed by atoms with E-state index in [1.807, 2.05) is 18.2 Å². The Hall–Kier alpha value is -1.55. The first-order chi connectivity index (χ1) is 12.5. The third-order valence-electron chi connectivity index (χ3n) is 4.13. The second-order valence-electron chi connectivity index (χ2n) is 7.51. The first-order valence-electron chi connectivity index (χ1n) is 8.69. The van der Waals surface area contributed by atoms with Gasteiger partial charge in [0, 0.05) is 6.92 Å². The normalized spacial score (nSPS) is 22.5. The number of esters is 1. The zero-order valence-corrected chi connectivity index (χ0v) is 18.3. The van der Waals surface area contributed by atoms with E-state index in [4.69, 9.17) is 14.2 Å². The largest absolute Gasteiger partial charge is 0.496 e. The second kappa shape index (κ2) is 8.64. The lowest BCUT2D eigenvalue weighted by Gasteiger charge is -2.30. The van der Waals surface area contributed by atoms with Crippen molar-refractivity contribution in [2.45, 2.75) is 58.0 Å². The number of hydrogen-bond acceptors (Lipinski definition) is 6. The quantitative estimate of drug-likeness (QED) is 0.515. The predicted octanol–water partition coefficient (Wildman–Crippen LogP) is 2.75. The Morgan fingerprint density at radius 1 is 1.33 bits per heavy atom. The summed E-state index contributed by atoms with van der Waals surface area (Å²) in [6.45, 7) is 6.67. The predicted molar refractivity (Wildman–Crippen MR) is 108 cm³/mol. The molecule has 1 aliphatic rings. The highest BCUT2D eigenvalue weighted by molar-refractivity contribution is 14.1. The smallest absolute Gasteiger partial charge is 0.410 e. The van der Waals surface area contributed by atoms with Gasteiger partial charge in [0.25, 0.3) is 0 Å². The van der Waals surface area contributed by atoms with E-state index in [1.54, 1.807) is 27.9 Å². The minimum absolute atomic E-state index is 0.0464. The fourth-order valence-electron chi connectivity index (χ4n) is 3.06. The number of amides is 1. The average Bonchev–Trinajstić information content (AvgIpc) is 2.82. The third kappa shape index (κ3) is 5.71. The number of nitrogens with zero attached hydrogens (tertiary/aromatic N) is 1. The number of likely N-dealkylation sites (tertiary alicyclic amines) is 1. The van der Waals surface area contributed by atoms with Crippen molar-refractivity contribution in [3.63, 3.8) is 0 Å². The number of ether oxygens (including phenoxy) is 3. The number of halogens is 1. The molecule has 1 heterocycles. The van der Waals surface area contributed by atoms with E-state index in [2.05, 4.69) is 22.6 Å². The van der Waals surface area contributed by atoms with Gasteiger partial charge in [0.1, 0.15) is 23.6 Å². The van der Waals surface area contributed by atoms with Gasteiger partial charge in [-0.05, 0) is 67.5 Å². The Kier molecular flexibility index (Phi) is 6.96. The summed E-state index contributed by atoms with van der Waals surface area (Å²) >= 11 is 2.17. The van der Waals surface area contributed by atoms with Crippen LogP contribution in [0.5, 0.6) is 5.75 Å². The summed E-state index contributed by atoms with van der Waals surface area (Å²) < 4.78 is 17.0. The van der Waals surface area contributed by atoms with Crippen molar-refractivity contribution in [3.8, 4) is 5.75 Å². The minimum atomic E-state index is -0.969. The van der Waals surface area contributed by atoms with Crippen LogP contribution in [0.2, 0.25) is 0 Å². The van der Waals surface area contributed by atoms with Crippen LogP contribution in [-0.4, -0.2) is 59.6 Å². The zero-order valence-electron chi connectivity index (χ0n) is 16.2. The van der Waals surface area contributed by atoms with E-state index in [1.165, 1.54) is 11.8 Å². The van der Waals surface area contributed by atoms with E-state index < -0.39 is 35.9 Å². The molecule has 1 aliphatic heterocycles. The van der Waals surface area contributed by atoms with Crippen LogP contribution in [0, 0.1) is 3.57 Å². The highest BCUT2D eigenvalue weighted by atomic mass is 127. The van der Waals surface area contributed by atoms with Gasteiger partial charge in [0.15, 0.2) is 0 Å². The van der Waals surface area contributed by atoms with Crippen LogP contribution in [0.4, 0.5) is 4.79 Å². The SMILES string of the molecule is COc1ccc(C[C@H]2[C@@H](OC(C)=O)[C@H](O)CN2C(=O)OC(C)(C)C)cc1I. The monoisotopic (exact) mass is 491 g/mol. The van der Waals surface area contributed by atoms with Crippen LogP contribution in [0.25, 0.3) is 0 Å². The van der Waals surface area contributed by atoms with Gasteiger partial charge >= 0.3 is 12.1 Å². The first kappa shape index (κ1) is 21.7. The molecule has 1 saturated heterocycles. The molecule has 0 spiro atoms. The first-order valence-corrected chi connectivity index (χ1v) is 9.77. The number of hydrogen-bond donors (Lipinski definition) is 1. The van der Waals surface area contributed by atoms with Crippen molar-refractivity contribution >= 4 is 34.7 Å². The molecular weight excluding hydrogens is 465 g/mol. The van der Waals surface area contributed by atoms with Crippen LogP contribution in [0.15, 0.2) is 18.2 Å². The van der Waals surface area contributed by atoms with Crippen molar-refractivity contribution in [1.82, 2.24) is 4.90 Å². The molecule has 0 radical (unpaired) electrons. The summed E-state index contributed by atoms with van der Waals surface area (Å²) in [6.07, 6.45) is -1.91. The fourth-order valence-corrected chi connectivity index (χ4v) is 3.86. The Bertz CT molecular complexity index is 702. The Morgan fingerprint density at radius 2 is 2.00 bits per heavy atom. The summed E-state index contributed by atoms with van der Waals surface area (Å²) in [6, 6.07) is 5.16. The molecule has 1 aromatic rings. The fraction of sp³-hybridized carbons (Fsp3) is 0.579. The molecule has 1 fully saturated rings. The van der Waals surface area contributed by atoms with E-state index in [0.717, 1.165) is 14.9 Å². The number of carbonyl (C=O) groups is 2. The van der Waals surface area contributed by atoms with Crippen molar-refractivity contribution in [3.05, 3.63) is 27.3 Å². The van der Waals surface area contributed by atoms with Crippen molar-refractivity contribution in [2.75, 3.05) is 13.7 Å². The lowest BCUT2D eigenvalue weighted by atomic mass is 10.0. The highest BCUT2D eigenvalue weighted by Gasteiger charge is 2.46. The van der Waals surface area contributed by atoms with Gasteiger partial charge in [-0.2, -0.15) is 0 Å². The van der Waals surface area contributed by atoms with Gasteiger partial charge < -0.3 is 19.3 Å². The molecule has 7 nitrogen and oxygen atoms in total. The molecule has 1 aromatic carbocycles. The number of aliphatic hydroxyl groups is 1. The van der Waals surface area contributed by atoms with Crippen LogP contribution < -0.4 is 4.74 Å². The van der Waals surface area contributed by atoms with Crippen molar-refractivity contribution in [1.29, 1.82) is 0 Å². The van der Waals surface area contributed by atoms with Gasteiger partial charge in [-0.15, -0.1) is 0 Å². The number of methoxy groups -OCH3 is 1. The third-order valence-corrected chi connectivity index (χ3v) is 4.98. The van der Waals surface area contributed by atoms with E-state index in [0.29, 0.717) is 6.42 Å².